The molecule has 0 bridgehead atoms. The maximum absolute atomic E-state index is 11.0. The van der Waals surface area contributed by atoms with Crippen molar-refractivity contribution in [3.05, 3.63) is 70.8 Å². The van der Waals surface area contributed by atoms with E-state index in [-0.39, 0.29) is 11.1 Å². The first-order chi connectivity index (χ1) is 9.56. The third kappa shape index (κ3) is 3.24. The minimum Gasteiger partial charge on any atom is -0.478 e. The minimum absolute atomic E-state index is 0.0951. The molecule has 2 N–H and O–H groups in total. The van der Waals surface area contributed by atoms with E-state index in [4.69, 9.17) is 10.2 Å². The lowest BCUT2D eigenvalue weighted by Crippen LogP contribution is -2.03. The average molecular weight is 266 g/mol. The van der Waals surface area contributed by atoms with E-state index in [1.54, 1.807) is 0 Å². The molecule has 2 aromatic carbocycles. The normalized spacial score (nSPS) is 9.40. The molecular formula is C16H10O4. The van der Waals surface area contributed by atoms with Gasteiger partial charge in [-0.25, -0.2) is 9.59 Å². The van der Waals surface area contributed by atoms with Crippen molar-refractivity contribution in [2.24, 2.45) is 0 Å². The molecule has 0 saturated heterocycles. The quantitative estimate of drug-likeness (QED) is 0.819. The van der Waals surface area contributed by atoms with Crippen LogP contribution in [0.3, 0.4) is 0 Å². The molecule has 0 amide bonds. The zero-order chi connectivity index (χ0) is 14.5. The summed E-state index contributed by atoms with van der Waals surface area (Å²) < 4.78 is 0. The van der Waals surface area contributed by atoms with Crippen LogP contribution in [0.5, 0.6) is 0 Å². The molecule has 0 heterocycles. The van der Waals surface area contributed by atoms with Gasteiger partial charge < -0.3 is 10.2 Å². The second-order valence-corrected chi connectivity index (χ2v) is 4.03. The fourth-order valence-corrected chi connectivity index (χ4v) is 1.61. The second-order valence-electron chi connectivity index (χ2n) is 4.03. The van der Waals surface area contributed by atoms with E-state index < -0.39 is 11.9 Å². The van der Waals surface area contributed by atoms with Crippen molar-refractivity contribution in [3.8, 4) is 11.8 Å². The number of carbonyl (C=O) groups is 2. The van der Waals surface area contributed by atoms with Crippen LogP contribution >= 0.6 is 0 Å². The number of aromatic carboxylic acids is 2. The van der Waals surface area contributed by atoms with Crippen LogP contribution in [0.15, 0.2) is 48.5 Å². The first-order valence-electron chi connectivity index (χ1n) is 5.75. The Morgan fingerprint density at radius 1 is 0.750 bits per heavy atom. The van der Waals surface area contributed by atoms with E-state index in [1.807, 2.05) is 30.3 Å². The molecule has 0 aliphatic rings. The van der Waals surface area contributed by atoms with Crippen molar-refractivity contribution in [2.75, 3.05) is 0 Å². The number of rotatable bonds is 2. The van der Waals surface area contributed by atoms with Gasteiger partial charge in [0.15, 0.2) is 0 Å². The molecule has 0 aliphatic heterocycles. The average Bonchev–Trinajstić information content (AvgIpc) is 2.45. The molecule has 0 spiro atoms. The largest absolute Gasteiger partial charge is 0.478 e. The van der Waals surface area contributed by atoms with E-state index in [0.29, 0.717) is 5.56 Å². The van der Waals surface area contributed by atoms with Gasteiger partial charge in [0.05, 0.1) is 11.1 Å². The summed E-state index contributed by atoms with van der Waals surface area (Å²) in [6.07, 6.45) is 0. The minimum atomic E-state index is -1.18. The highest BCUT2D eigenvalue weighted by molar-refractivity contribution is 5.94. The van der Waals surface area contributed by atoms with Crippen LogP contribution in [0.1, 0.15) is 31.8 Å². The zero-order valence-electron chi connectivity index (χ0n) is 10.3. The van der Waals surface area contributed by atoms with Crippen molar-refractivity contribution in [3.63, 3.8) is 0 Å². The van der Waals surface area contributed by atoms with Gasteiger partial charge in [-0.2, -0.15) is 0 Å². The summed E-state index contributed by atoms with van der Waals surface area (Å²) in [4.78, 5) is 21.9. The van der Waals surface area contributed by atoms with Crippen molar-refractivity contribution in [1.82, 2.24) is 0 Å². The van der Waals surface area contributed by atoms with Gasteiger partial charge in [0.2, 0.25) is 0 Å². The summed E-state index contributed by atoms with van der Waals surface area (Å²) in [5, 5.41) is 17.9. The SMILES string of the molecule is O=C(O)c1cc(C#Cc2ccccc2)cc(C(=O)O)c1. The molecule has 2 aromatic rings. The van der Waals surface area contributed by atoms with Gasteiger partial charge in [-0.05, 0) is 30.3 Å². The number of carboxylic acids is 2. The summed E-state index contributed by atoms with van der Waals surface area (Å²) in [7, 11) is 0. The number of hydrogen-bond donors (Lipinski definition) is 2. The maximum Gasteiger partial charge on any atom is 0.335 e. The number of hydrogen-bond acceptors (Lipinski definition) is 2. The molecule has 0 aromatic heterocycles. The van der Waals surface area contributed by atoms with Crippen molar-refractivity contribution in [1.29, 1.82) is 0 Å². The highest BCUT2D eigenvalue weighted by atomic mass is 16.4. The second kappa shape index (κ2) is 5.72. The maximum atomic E-state index is 11.0. The lowest BCUT2D eigenvalue weighted by molar-refractivity contribution is 0.0696. The molecule has 0 radical (unpaired) electrons. The van der Waals surface area contributed by atoms with Crippen LogP contribution in [0.25, 0.3) is 0 Å². The molecule has 20 heavy (non-hydrogen) atoms. The third-order valence-corrected chi connectivity index (χ3v) is 2.55. The Kier molecular flexibility index (Phi) is 3.82. The molecule has 0 aliphatic carbocycles. The van der Waals surface area contributed by atoms with Crippen molar-refractivity contribution in [2.45, 2.75) is 0 Å². The predicted octanol–water partition coefficient (Wildman–Crippen LogP) is 2.48. The van der Waals surface area contributed by atoms with Crippen LogP contribution in [0, 0.1) is 11.8 Å². The molecule has 0 fully saturated rings. The van der Waals surface area contributed by atoms with E-state index in [1.165, 1.54) is 12.1 Å². The summed E-state index contributed by atoms with van der Waals surface area (Å²) in [5.41, 5.74) is 0.931. The van der Waals surface area contributed by atoms with Crippen molar-refractivity contribution >= 4 is 11.9 Å². The highest BCUT2D eigenvalue weighted by Crippen LogP contribution is 2.10. The molecule has 0 saturated carbocycles. The van der Waals surface area contributed by atoms with Crippen LogP contribution in [0.2, 0.25) is 0 Å². The van der Waals surface area contributed by atoms with Crippen LogP contribution in [-0.2, 0) is 0 Å². The molecule has 4 heteroatoms. The van der Waals surface area contributed by atoms with E-state index in [9.17, 15) is 9.59 Å². The molecule has 4 nitrogen and oxygen atoms in total. The lowest BCUT2D eigenvalue weighted by Gasteiger charge is -2.00. The molecule has 98 valence electrons. The Hall–Kier alpha value is -3.06. The third-order valence-electron chi connectivity index (χ3n) is 2.55. The monoisotopic (exact) mass is 266 g/mol. The molecule has 0 unspecified atom stereocenters. The Balaban J connectivity index is 2.44. The lowest BCUT2D eigenvalue weighted by atomic mass is 10.1. The smallest absolute Gasteiger partial charge is 0.335 e. The highest BCUT2D eigenvalue weighted by Gasteiger charge is 2.10. The standard InChI is InChI=1S/C16H10O4/c17-15(18)13-8-12(9-14(10-13)16(19)20)7-6-11-4-2-1-3-5-11/h1-5,8-10H,(H,17,18)(H,19,20). The van der Waals surface area contributed by atoms with Gasteiger partial charge in [-0.3, -0.25) is 0 Å². The Morgan fingerprint density at radius 2 is 1.25 bits per heavy atom. The zero-order valence-corrected chi connectivity index (χ0v) is 10.3. The molecule has 2 rings (SSSR count). The van der Waals surface area contributed by atoms with Gasteiger partial charge in [0.25, 0.3) is 0 Å². The van der Waals surface area contributed by atoms with Crippen LogP contribution in [0.4, 0.5) is 0 Å². The van der Waals surface area contributed by atoms with Gasteiger partial charge in [-0.15, -0.1) is 0 Å². The number of benzene rings is 2. The summed E-state index contributed by atoms with van der Waals surface area (Å²) in [6.45, 7) is 0. The summed E-state index contributed by atoms with van der Waals surface area (Å²) >= 11 is 0. The molecular weight excluding hydrogens is 256 g/mol. The Bertz CT molecular complexity index is 689. The Labute approximate surface area is 115 Å². The fraction of sp³-hybridized carbons (Fsp3) is 0. The molecule has 0 atom stereocenters. The Morgan fingerprint density at radius 3 is 1.75 bits per heavy atom. The van der Waals surface area contributed by atoms with Crippen LogP contribution in [-0.4, -0.2) is 22.2 Å². The fourth-order valence-electron chi connectivity index (χ4n) is 1.61. The first-order valence-corrected chi connectivity index (χ1v) is 5.75. The topological polar surface area (TPSA) is 74.6 Å². The van der Waals surface area contributed by atoms with Crippen molar-refractivity contribution < 1.29 is 19.8 Å². The summed E-state index contributed by atoms with van der Waals surface area (Å²) in [5.74, 6) is 3.26. The van der Waals surface area contributed by atoms with Gasteiger partial charge in [-0.1, -0.05) is 30.0 Å². The van der Waals surface area contributed by atoms with E-state index in [2.05, 4.69) is 11.8 Å². The van der Waals surface area contributed by atoms with Gasteiger partial charge >= 0.3 is 11.9 Å². The van der Waals surface area contributed by atoms with Gasteiger partial charge in [0.1, 0.15) is 0 Å². The van der Waals surface area contributed by atoms with Crippen LogP contribution < -0.4 is 0 Å². The van der Waals surface area contributed by atoms with Gasteiger partial charge in [0, 0.05) is 11.1 Å². The summed E-state index contributed by atoms with van der Waals surface area (Å²) in [6, 6.07) is 13.0. The first kappa shape index (κ1) is 13.4. The van der Waals surface area contributed by atoms with E-state index >= 15 is 0 Å². The van der Waals surface area contributed by atoms with E-state index in [0.717, 1.165) is 11.6 Å². The number of carboxylic acid groups (broad SMARTS) is 2. The predicted molar refractivity (Wildman–Crippen MR) is 72.8 cm³/mol.